The van der Waals surface area contributed by atoms with Crippen LogP contribution >= 0.6 is 0 Å². The second kappa shape index (κ2) is 6.58. The zero-order valence-corrected chi connectivity index (χ0v) is 10.8. The van der Waals surface area contributed by atoms with Gasteiger partial charge in [-0.25, -0.2) is 0 Å². The van der Waals surface area contributed by atoms with Crippen LogP contribution in [0.3, 0.4) is 0 Å². The van der Waals surface area contributed by atoms with Crippen LogP contribution in [0, 0.1) is 5.92 Å². The zero-order chi connectivity index (χ0) is 12.0. The zero-order valence-electron chi connectivity index (χ0n) is 10.8. The SMILES string of the molecule is CCNC(Cc1nnn(C)n1)C(CC)CC. The molecule has 1 N–H and O–H groups in total. The number of hydrogen-bond donors (Lipinski definition) is 1. The van der Waals surface area contributed by atoms with Gasteiger partial charge in [0, 0.05) is 12.5 Å². The summed E-state index contributed by atoms with van der Waals surface area (Å²) in [6, 6.07) is 0.462. The Morgan fingerprint density at radius 2 is 1.94 bits per heavy atom. The molecule has 1 unspecified atom stereocenters. The highest BCUT2D eigenvalue weighted by Gasteiger charge is 2.19. The van der Waals surface area contributed by atoms with Crippen LogP contribution in [0.1, 0.15) is 39.4 Å². The van der Waals surface area contributed by atoms with Crippen molar-refractivity contribution in [2.24, 2.45) is 13.0 Å². The van der Waals surface area contributed by atoms with Gasteiger partial charge < -0.3 is 5.32 Å². The molecule has 92 valence electrons. The summed E-state index contributed by atoms with van der Waals surface area (Å²) in [5.41, 5.74) is 0. The van der Waals surface area contributed by atoms with Crippen molar-refractivity contribution < 1.29 is 0 Å². The predicted molar refractivity (Wildman–Crippen MR) is 64.0 cm³/mol. The first-order valence-electron chi connectivity index (χ1n) is 6.17. The molecule has 1 heterocycles. The van der Waals surface area contributed by atoms with Crippen molar-refractivity contribution in [2.75, 3.05) is 6.54 Å². The first-order valence-corrected chi connectivity index (χ1v) is 6.17. The Balaban J connectivity index is 2.63. The molecule has 1 atom stereocenters. The maximum atomic E-state index is 4.24. The molecule has 1 aromatic rings. The molecule has 16 heavy (non-hydrogen) atoms. The smallest absolute Gasteiger partial charge is 0.176 e. The first kappa shape index (κ1) is 13.1. The maximum absolute atomic E-state index is 4.24. The fourth-order valence-corrected chi connectivity index (χ4v) is 2.13. The average Bonchev–Trinajstić information content (AvgIpc) is 2.66. The fraction of sp³-hybridized carbons (Fsp3) is 0.909. The van der Waals surface area contributed by atoms with Gasteiger partial charge in [-0.1, -0.05) is 33.6 Å². The Labute approximate surface area is 97.6 Å². The van der Waals surface area contributed by atoms with Gasteiger partial charge in [-0.3, -0.25) is 0 Å². The summed E-state index contributed by atoms with van der Waals surface area (Å²) in [7, 11) is 1.80. The predicted octanol–water partition coefficient (Wildman–Crippen LogP) is 1.17. The molecule has 0 aromatic carbocycles. The molecular formula is C11H23N5. The summed E-state index contributed by atoms with van der Waals surface area (Å²) >= 11 is 0. The van der Waals surface area contributed by atoms with Crippen LogP contribution in [0.4, 0.5) is 0 Å². The molecule has 0 bridgehead atoms. The fourth-order valence-electron chi connectivity index (χ4n) is 2.13. The van der Waals surface area contributed by atoms with Crippen molar-refractivity contribution in [2.45, 2.75) is 46.1 Å². The molecule has 0 amide bonds. The van der Waals surface area contributed by atoms with E-state index in [2.05, 4.69) is 41.5 Å². The number of aryl methyl sites for hydroxylation is 1. The van der Waals surface area contributed by atoms with Gasteiger partial charge in [0.05, 0.1) is 7.05 Å². The van der Waals surface area contributed by atoms with Crippen LogP contribution < -0.4 is 5.32 Å². The van der Waals surface area contributed by atoms with Gasteiger partial charge in [0.25, 0.3) is 0 Å². The molecule has 1 rings (SSSR count). The monoisotopic (exact) mass is 225 g/mol. The number of nitrogens with zero attached hydrogens (tertiary/aromatic N) is 4. The highest BCUT2D eigenvalue weighted by molar-refractivity contribution is 4.87. The molecule has 0 fully saturated rings. The van der Waals surface area contributed by atoms with E-state index in [4.69, 9.17) is 0 Å². The third-order valence-electron chi connectivity index (χ3n) is 3.04. The molecule has 0 radical (unpaired) electrons. The van der Waals surface area contributed by atoms with Gasteiger partial charge in [0.1, 0.15) is 0 Å². The topological polar surface area (TPSA) is 55.6 Å². The molecule has 0 saturated heterocycles. The van der Waals surface area contributed by atoms with E-state index in [0.29, 0.717) is 12.0 Å². The molecule has 0 aliphatic carbocycles. The summed E-state index contributed by atoms with van der Waals surface area (Å²) in [5, 5.41) is 15.7. The standard InChI is InChI=1S/C11H23N5/c1-5-9(6-2)10(12-7-3)8-11-13-15-16(4)14-11/h9-10,12H,5-8H2,1-4H3. The Hall–Kier alpha value is -0.970. The molecule has 5 heteroatoms. The minimum Gasteiger partial charge on any atom is -0.314 e. The Morgan fingerprint density at radius 1 is 1.25 bits per heavy atom. The Morgan fingerprint density at radius 3 is 2.38 bits per heavy atom. The summed E-state index contributed by atoms with van der Waals surface area (Å²) in [6.45, 7) is 7.60. The molecule has 1 aromatic heterocycles. The van der Waals surface area contributed by atoms with Crippen molar-refractivity contribution in [3.8, 4) is 0 Å². The van der Waals surface area contributed by atoms with Gasteiger partial charge in [0.2, 0.25) is 0 Å². The van der Waals surface area contributed by atoms with E-state index < -0.39 is 0 Å². The van der Waals surface area contributed by atoms with Gasteiger partial charge in [-0.15, -0.1) is 10.2 Å². The highest BCUT2D eigenvalue weighted by Crippen LogP contribution is 2.15. The Bertz CT molecular complexity index is 292. The molecule has 0 saturated carbocycles. The number of nitrogens with one attached hydrogen (secondary N) is 1. The molecule has 0 spiro atoms. The molecule has 0 aliphatic heterocycles. The molecule has 0 aliphatic rings. The summed E-state index contributed by atoms with van der Waals surface area (Å²) < 4.78 is 0. The van der Waals surface area contributed by atoms with E-state index in [1.807, 2.05) is 0 Å². The first-order chi connectivity index (χ1) is 7.71. The van der Waals surface area contributed by atoms with Gasteiger partial charge in [-0.2, -0.15) is 4.80 Å². The van der Waals surface area contributed by atoms with E-state index in [0.717, 1.165) is 18.8 Å². The lowest BCUT2D eigenvalue weighted by Gasteiger charge is -2.24. The second-order valence-electron chi connectivity index (χ2n) is 4.14. The highest BCUT2D eigenvalue weighted by atomic mass is 15.6. The number of aromatic nitrogens is 4. The van der Waals surface area contributed by atoms with E-state index >= 15 is 0 Å². The van der Waals surface area contributed by atoms with Crippen molar-refractivity contribution in [1.82, 2.24) is 25.5 Å². The van der Waals surface area contributed by atoms with Crippen LogP contribution in [0.2, 0.25) is 0 Å². The number of likely N-dealkylation sites (N-methyl/N-ethyl adjacent to an activating group) is 1. The van der Waals surface area contributed by atoms with E-state index in [1.54, 1.807) is 7.05 Å². The lowest BCUT2D eigenvalue weighted by molar-refractivity contribution is 0.332. The van der Waals surface area contributed by atoms with E-state index in [9.17, 15) is 0 Å². The van der Waals surface area contributed by atoms with Crippen molar-refractivity contribution in [3.05, 3.63) is 5.82 Å². The average molecular weight is 225 g/mol. The van der Waals surface area contributed by atoms with Crippen molar-refractivity contribution >= 4 is 0 Å². The van der Waals surface area contributed by atoms with Crippen molar-refractivity contribution in [1.29, 1.82) is 0 Å². The summed E-state index contributed by atoms with van der Waals surface area (Å²) in [4.78, 5) is 1.52. The molecular weight excluding hydrogens is 202 g/mol. The normalized spacial score (nSPS) is 13.3. The van der Waals surface area contributed by atoms with Crippen LogP contribution in [-0.4, -0.2) is 32.8 Å². The van der Waals surface area contributed by atoms with Crippen LogP contribution in [0.5, 0.6) is 0 Å². The quantitative estimate of drug-likeness (QED) is 0.756. The van der Waals surface area contributed by atoms with Crippen LogP contribution in [0.25, 0.3) is 0 Å². The lowest BCUT2D eigenvalue weighted by atomic mass is 9.91. The van der Waals surface area contributed by atoms with Crippen LogP contribution in [0.15, 0.2) is 0 Å². The second-order valence-corrected chi connectivity index (χ2v) is 4.14. The van der Waals surface area contributed by atoms with E-state index in [-0.39, 0.29) is 0 Å². The largest absolute Gasteiger partial charge is 0.314 e. The van der Waals surface area contributed by atoms with Gasteiger partial charge >= 0.3 is 0 Å². The van der Waals surface area contributed by atoms with E-state index in [1.165, 1.54) is 17.6 Å². The van der Waals surface area contributed by atoms with Crippen molar-refractivity contribution in [3.63, 3.8) is 0 Å². The summed E-state index contributed by atoms with van der Waals surface area (Å²) in [6.07, 6.45) is 3.25. The van der Waals surface area contributed by atoms with Gasteiger partial charge in [-0.05, 0) is 17.7 Å². The summed E-state index contributed by atoms with van der Waals surface area (Å²) in [5.74, 6) is 1.52. The number of tetrazole rings is 1. The lowest BCUT2D eigenvalue weighted by Crippen LogP contribution is -2.38. The molecule has 5 nitrogen and oxygen atoms in total. The maximum Gasteiger partial charge on any atom is 0.176 e. The minimum atomic E-state index is 0.462. The van der Waals surface area contributed by atoms with Gasteiger partial charge in [0.15, 0.2) is 5.82 Å². The third-order valence-corrected chi connectivity index (χ3v) is 3.04. The number of hydrogen-bond acceptors (Lipinski definition) is 4. The van der Waals surface area contributed by atoms with Crippen LogP contribution in [-0.2, 0) is 13.5 Å². The third kappa shape index (κ3) is 3.56. The number of rotatable bonds is 7. The Kier molecular flexibility index (Phi) is 5.38. The minimum absolute atomic E-state index is 0.462.